The smallest absolute Gasteiger partial charge is 0.269 e. The highest BCUT2D eigenvalue weighted by atomic mass is 16.6. The Morgan fingerprint density at radius 1 is 0.963 bits per heavy atom. The number of rotatable bonds is 7. The van der Waals surface area contributed by atoms with E-state index >= 15 is 0 Å². The molecule has 1 N–H and O–H groups in total. The molecular weight excluding hydrogens is 354 g/mol. The summed E-state index contributed by atoms with van der Waals surface area (Å²) in [5.41, 5.74) is 0.0792. The first-order valence-corrected chi connectivity index (χ1v) is 9.27. The number of non-ortho nitro benzene ring substituents is 1. The molecule has 2 aliphatic rings. The van der Waals surface area contributed by atoms with Gasteiger partial charge in [0.25, 0.3) is 5.69 Å². The van der Waals surface area contributed by atoms with Crippen LogP contribution in [-0.4, -0.2) is 98.7 Å². The number of benzene rings is 1. The fourth-order valence-corrected chi connectivity index (χ4v) is 2.75. The molecule has 0 saturated carbocycles. The van der Waals surface area contributed by atoms with Crippen LogP contribution < -0.4 is 4.74 Å². The van der Waals surface area contributed by atoms with Crippen LogP contribution in [0.4, 0.5) is 5.69 Å². The highest BCUT2D eigenvalue weighted by Crippen LogP contribution is 2.17. The molecule has 0 unspecified atom stereocenters. The number of β-amino-alcohol motifs (C(OH)–C–C–N with tert-alkyl or cyclic N) is 1. The molecule has 152 valence electrons. The molecule has 2 fully saturated rings. The third-order valence-corrected chi connectivity index (χ3v) is 4.35. The Kier molecular flexibility index (Phi) is 10.0. The summed E-state index contributed by atoms with van der Waals surface area (Å²) in [7, 11) is 0. The van der Waals surface area contributed by atoms with Gasteiger partial charge in [0.1, 0.15) is 12.4 Å². The number of morpholine rings is 2. The fraction of sp³-hybridized carbons (Fsp3) is 0.667. The number of nitro benzene ring substituents is 1. The first-order valence-electron chi connectivity index (χ1n) is 9.27. The van der Waals surface area contributed by atoms with Crippen molar-refractivity contribution in [2.24, 2.45) is 0 Å². The predicted octanol–water partition coefficient (Wildman–Crippen LogP) is 0.617. The molecule has 0 amide bonds. The van der Waals surface area contributed by atoms with Gasteiger partial charge >= 0.3 is 0 Å². The average Bonchev–Trinajstić information content (AvgIpc) is 2.71. The van der Waals surface area contributed by atoms with Crippen molar-refractivity contribution in [3.8, 4) is 5.75 Å². The first kappa shape index (κ1) is 21.5. The Morgan fingerprint density at radius 3 is 1.96 bits per heavy atom. The lowest BCUT2D eigenvalue weighted by Gasteiger charge is -2.26. The number of hydrogen-bond donors (Lipinski definition) is 1. The van der Waals surface area contributed by atoms with E-state index < -0.39 is 4.92 Å². The van der Waals surface area contributed by atoms with E-state index in [0.29, 0.717) is 12.4 Å². The van der Waals surface area contributed by atoms with E-state index in [1.165, 1.54) is 12.1 Å². The number of aliphatic hydroxyl groups is 1. The van der Waals surface area contributed by atoms with Gasteiger partial charge in [-0.3, -0.25) is 19.9 Å². The van der Waals surface area contributed by atoms with Gasteiger partial charge in [-0.05, 0) is 12.1 Å². The molecule has 0 aliphatic carbocycles. The van der Waals surface area contributed by atoms with Crippen LogP contribution in [0, 0.1) is 10.1 Å². The van der Waals surface area contributed by atoms with Crippen molar-refractivity contribution in [3.05, 3.63) is 34.4 Å². The summed E-state index contributed by atoms with van der Waals surface area (Å²) >= 11 is 0. The first-order chi connectivity index (χ1) is 13.2. The quantitative estimate of drug-likeness (QED) is 0.541. The van der Waals surface area contributed by atoms with Gasteiger partial charge in [-0.2, -0.15) is 0 Å². The molecule has 0 bridgehead atoms. The Labute approximate surface area is 159 Å². The predicted molar refractivity (Wildman–Crippen MR) is 100 cm³/mol. The van der Waals surface area contributed by atoms with Crippen LogP contribution in [0.3, 0.4) is 0 Å². The number of aliphatic hydroxyl groups excluding tert-OH is 1. The average molecular weight is 383 g/mol. The molecule has 9 heteroatoms. The zero-order valence-corrected chi connectivity index (χ0v) is 15.6. The number of nitrogens with zero attached hydrogens (tertiary/aromatic N) is 3. The molecule has 2 saturated heterocycles. The van der Waals surface area contributed by atoms with Gasteiger partial charge in [0.2, 0.25) is 0 Å². The molecule has 1 aromatic rings. The summed E-state index contributed by atoms with van der Waals surface area (Å²) in [5.74, 6) is 0.661. The third-order valence-electron chi connectivity index (χ3n) is 4.35. The van der Waals surface area contributed by atoms with Gasteiger partial charge in [-0.15, -0.1) is 0 Å². The van der Waals surface area contributed by atoms with Crippen molar-refractivity contribution in [3.63, 3.8) is 0 Å². The number of ether oxygens (including phenoxy) is 3. The second-order valence-electron chi connectivity index (χ2n) is 6.23. The zero-order chi connectivity index (χ0) is 19.3. The summed E-state index contributed by atoms with van der Waals surface area (Å²) in [6, 6.07) is 6.14. The molecule has 2 heterocycles. The second kappa shape index (κ2) is 12.6. The van der Waals surface area contributed by atoms with E-state index in [4.69, 9.17) is 19.3 Å². The highest BCUT2D eigenvalue weighted by Gasteiger charge is 2.10. The maximum Gasteiger partial charge on any atom is 0.269 e. The van der Waals surface area contributed by atoms with Crippen molar-refractivity contribution in [1.82, 2.24) is 9.80 Å². The Balaban J connectivity index is 0.000000244. The minimum atomic E-state index is -0.419. The van der Waals surface area contributed by atoms with Crippen LogP contribution in [0.1, 0.15) is 0 Å². The largest absolute Gasteiger partial charge is 0.492 e. The molecular formula is C18H29N3O6. The van der Waals surface area contributed by atoms with Crippen LogP contribution in [0.2, 0.25) is 0 Å². The maximum atomic E-state index is 10.5. The van der Waals surface area contributed by atoms with Gasteiger partial charge in [0.05, 0.1) is 38.0 Å². The van der Waals surface area contributed by atoms with Crippen LogP contribution >= 0.6 is 0 Å². The van der Waals surface area contributed by atoms with Gasteiger partial charge in [0, 0.05) is 51.4 Å². The molecule has 0 atom stereocenters. The minimum Gasteiger partial charge on any atom is -0.492 e. The maximum absolute atomic E-state index is 10.5. The van der Waals surface area contributed by atoms with Crippen molar-refractivity contribution >= 4 is 5.69 Å². The Bertz CT molecular complexity index is 528. The SMILES string of the molecule is O=[N+]([O-])c1ccc(OCCN2CCOCC2)cc1.OCCN1CCOCC1. The van der Waals surface area contributed by atoms with Gasteiger partial charge in [-0.25, -0.2) is 0 Å². The van der Waals surface area contributed by atoms with Crippen molar-refractivity contribution in [2.45, 2.75) is 0 Å². The summed E-state index contributed by atoms with van der Waals surface area (Å²) in [5, 5.41) is 19.0. The zero-order valence-electron chi connectivity index (χ0n) is 15.6. The van der Waals surface area contributed by atoms with Crippen LogP contribution in [-0.2, 0) is 9.47 Å². The molecule has 0 radical (unpaired) electrons. The lowest BCUT2D eigenvalue weighted by atomic mass is 10.3. The normalized spacial score (nSPS) is 18.4. The molecule has 0 spiro atoms. The van der Waals surface area contributed by atoms with Gasteiger partial charge in [0.15, 0.2) is 0 Å². The van der Waals surface area contributed by atoms with E-state index in [-0.39, 0.29) is 12.3 Å². The van der Waals surface area contributed by atoms with Gasteiger partial charge in [-0.1, -0.05) is 0 Å². The van der Waals surface area contributed by atoms with E-state index in [2.05, 4.69) is 9.80 Å². The lowest BCUT2D eigenvalue weighted by Crippen LogP contribution is -2.38. The molecule has 0 aromatic heterocycles. The van der Waals surface area contributed by atoms with E-state index in [9.17, 15) is 10.1 Å². The summed E-state index contributed by atoms with van der Waals surface area (Å²) in [6.45, 7) is 9.49. The van der Waals surface area contributed by atoms with Crippen LogP contribution in [0.15, 0.2) is 24.3 Å². The van der Waals surface area contributed by atoms with E-state index in [0.717, 1.165) is 65.7 Å². The standard InChI is InChI=1S/C12H16N2O4.C6H13NO2/c15-14(16)11-1-3-12(4-2-11)18-10-7-13-5-8-17-9-6-13;8-4-1-7-2-5-9-6-3-7/h1-4H,5-10H2;8H,1-6H2. The van der Waals surface area contributed by atoms with Gasteiger partial charge < -0.3 is 19.3 Å². The van der Waals surface area contributed by atoms with Crippen LogP contribution in [0.25, 0.3) is 0 Å². The molecule has 3 rings (SSSR count). The fourth-order valence-electron chi connectivity index (χ4n) is 2.75. The molecule has 1 aromatic carbocycles. The van der Waals surface area contributed by atoms with Crippen molar-refractivity contribution in [1.29, 1.82) is 0 Å². The summed E-state index contributed by atoms with van der Waals surface area (Å²) < 4.78 is 15.9. The summed E-state index contributed by atoms with van der Waals surface area (Å²) in [6.07, 6.45) is 0. The third kappa shape index (κ3) is 8.63. The Morgan fingerprint density at radius 2 is 1.48 bits per heavy atom. The molecule has 9 nitrogen and oxygen atoms in total. The number of hydrogen-bond acceptors (Lipinski definition) is 8. The minimum absolute atomic E-state index is 0.0792. The highest BCUT2D eigenvalue weighted by molar-refractivity contribution is 5.35. The molecule has 27 heavy (non-hydrogen) atoms. The topological polar surface area (TPSA) is 97.5 Å². The van der Waals surface area contributed by atoms with Crippen molar-refractivity contribution in [2.75, 3.05) is 78.9 Å². The monoisotopic (exact) mass is 383 g/mol. The molecule has 2 aliphatic heterocycles. The van der Waals surface area contributed by atoms with Crippen LogP contribution in [0.5, 0.6) is 5.75 Å². The lowest BCUT2D eigenvalue weighted by molar-refractivity contribution is -0.384. The number of nitro groups is 1. The second-order valence-corrected chi connectivity index (χ2v) is 6.23. The van der Waals surface area contributed by atoms with E-state index in [1.807, 2.05) is 0 Å². The summed E-state index contributed by atoms with van der Waals surface area (Å²) in [4.78, 5) is 14.5. The Hall–Kier alpha value is -1.78. The van der Waals surface area contributed by atoms with Crippen molar-refractivity contribution < 1.29 is 24.2 Å². The van der Waals surface area contributed by atoms with E-state index in [1.54, 1.807) is 12.1 Å².